The Morgan fingerprint density at radius 2 is 1.76 bits per heavy atom. The average Bonchev–Trinajstić information content (AvgIpc) is 2.38. The number of aliphatic carboxylic acids is 1. The van der Waals surface area contributed by atoms with Crippen molar-refractivity contribution in [2.75, 3.05) is 6.54 Å². The van der Waals surface area contributed by atoms with Crippen molar-refractivity contribution in [2.24, 2.45) is 0 Å². The first-order valence-corrected chi connectivity index (χ1v) is 6.53. The molecule has 0 aromatic heterocycles. The minimum atomic E-state index is -1.37. The first-order chi connectivity index (χ1) is 9.63. The highest BCUT2D eigenvalue weighted by molar-refractivity contribution is 5.97. The van der Waals surface area contributed by atoms with Gasteiger partial charge in [-0.15, -0.1) is 0 Å². The molecule has 0 aliphatic carbocycles. The summed E-state index contributed by atoms with van der Waals surface area (Å²) in [5.41, 5.74) is 1.15. The van der Waals surface area contributed by atoms with Crippen molar-refractivity contribution in [1.29, 1.82) is 0 Å². The maximum absolute atomic E-state index is 11.9. The van der Waals surface area contributed by atoms with Gasteiger partial charge in [0.2, 0.25) is 5.91 Å². The lowest BCUT2D eigenvalue weighted by molar-refractivity contribution is -0.145. The second kappa shape index (κ2) is 6.39. The summed E-state index contributed by atoms with van der Waals surface area (Å²) in [6, 6.07) is 5.25. The van der Waals surface area contributed by atoms with Crippen LogP contribution in [-0.4, -0.2) is 35.0 Å². The lowest BCUT2D eigenvalue weighted by Crippen LogP contribution is -2.52. The zero-order valence-electron chi connectivity index (χ0n) is 12.6. The van der Waals surface area contributed by atoms with E-state index >= 15 is 0 Å². The number of hydrogen-bond donors (Lipinski definition) is 3. The molecule has 6 heteroatoms. The van der Waals surface area contributed by atoms with Crippen molar-refractivity contribution >= 4 is 17.8 Å². The van der Waals surface area contributed by atoms with Crippen LogP contribution in [0.15, 0.2) is 18.2 Å². The fourth-order valence-corrected chi connectivity index (χ4v) is 1.59. The van der Waals surface area contributed by atoms with E-state index in [-0.39, 0.29) is 12.5 Å². The van der Waals surface area contributed by atoms with Gasteiger partial charge in [-0.3, -0.25) is 9.59 Å². The molecule has 0 atom stereocenters. The van der Waals surface area contributed by atoms with Gasteiger partial charge in [0.15, 0.2) is 0 Å². The van der Waals surface area contributed by atoms with Crippen molar-refractivity contribution < 1.29 is 19.5 Å². The van der Waals surface area contributed by atoms with Crippen molar-refractivity contribution in [3.8, 4) is 0 Å². The highest BCUT2D eigenvalue weighted by Gasteiger charge is 2.28. The van der Waals surface area contributed by atoms with Crippen LogP contribution in [0.2, 0.25) is 0 Å². The van der Waals surface area contributed by atoms with Crippen molar-refractivity contribution in [3.05, 3.63) is 34.9 Å². The van der Waals surface area contributed by atoms with Gasteiger partial charge < -0.3 is 15.7 Å². The Bertz CT molecular complexity index is 579. The predicted molar refractivity (Wildman–Crippen MR) is 78.1 cm³/mol. The molecule has 1 aromatic rings. The molecule has 0 saturated heterocycles. The second-order valence-electron chi connectivity index (χ2n) is 5.46. The van der Waals surface area contributed by atoms with Crippen LogP contribution in [0.1, 0.15) is 35.3 Å². The molecule has 114 valence electrons. The van der Waals surface area contributed by atoms with Gasteiger partial charge in [0.25, 0.3) is 5.91 Å². The topological polar surface area (TPSA) is 95.5 Å². The predicted octanol–water partition coefficient (Wildman–Crippen LogP) is 1.01. The lowest BCUT2D eigenvalue weighted by atomic mass is 10.1. The fraction of sp³-hybridized carbons (Fsp3) is 0.400. The van der Waals surface area contributed by atoms with Crippen molar-refractivity contribution in [1.82, 2.24) is 10.6 Å². The quantitative estimate of drug-likeness (QED) is 0.755. The van der Waals surface area contributed by atoms with Gasteiger partial charge in [-0.2, -0.15) is 0 Å². The molecule has 3 N–H and O–H groups in total. The molecule has 2 amide bonds. The molecule has 0 heterocycles. The van der Waals surface area contributed by atoms with Gasteiger partial charge in [0.1, 0.15) is 5.54 Å². The van der Waals surface area contributed by atoms with Crippen LogP contribution in [0.3, 0.4) is 0 Å². The summed E-state index contributed by atoms with van der Waals surface area (Å²) in [6.45, 7) is 6.31. The smallest absolute Gasteiger partial charge is 0.328 e. The van der Waals surface area contributed by atoms with Crippen LogP contribution in [0.25, 0.3) is 0 Å². The third-order valence-corrected chi connectivity index (χ3v) is 3.17. The fourth-order valence-electron chi connectivity index (χ4n) is 1.59. The van der Waals surface area contributed by atoms with Gasteiger partial charge in [-0.05, 0) is 51.0 Å². The molecule has 0 saturated carbocycles. The number of rotatable bonds is 5. The summed E-state index contributed by atoms with van der Waals surface area (Å²) in [5.74, 6) is -2.07. The van der Waals surface area contributed by atoms with Gasteiger partial charge >= 0.3 is 5.97 Å². The molecule has 0 bridgehead atoms. The Kier molecular flexibility index (Phi) is 5.07. The number of carboxylic acids is 1. The SMILES string of the molecule is Cc1ccc(C(=O)NCC(=O)NC(C)(C)C(=O)O)cc1C. The molecule has 21 heavy (non-hydrogen) atoms. The van der Waals surface area contributed by atoms with Crippen LogP contribution in [0, 0.1) is 13.8 Å². The molecule has 0 radical (unpaired) electrons. The van der Waals surface area contributed by atoms with Crippen LogP contribution in [0.4, 0.5) is 0 Å². The number of carboxylic acid groups (broad SMARTS) is 1. The molecule has 0 aliphatic rings. The molecule has 0 fully saturated rings. The summed E-state index contributed by atoms with van der Waals surface area (Å²) in [6.07, 6.45) is 0. The summed E-state index contributed by atoms with van der Waals surface area (Å²) in [7, 11) is 0. The van der Waals surface area contributed by atoms with Gasteiger partial charge in [0.05, 0.1) is 6.54 Å². The van der Waals surface area contributed by atoms with Gasteiger partial charge in [0, 0.05) is 5.56 Å². The van der Waals surface area contributed by atoms with Crippen LogP contribution < -0.4 is 10.6 Å². The van der Waals surface area contributed by atoms with E-state index in [0.29, 0.717) is 5.56 Å². The second-order valence-corrected chi connectivity index (χ2v) is 5.46. The number of amides is 2. The largest absolute Gasteiger partial charge is 0.480 e. The molecule has 0 spiro atoms. The van der Waals surface area contributed by atoms with E-state index in [9.17, 15) is 14.4 Å². The summed E-state index contributed by atoms with van der Waals surface area (Å²) < 4.78 is 0. The normalized spacial score (nSPS) is 10.9. The Labute approximate surface area is 123 Å². The summed E-state index contributed by atoms with van der Waals surface area (Å²) in [5, 5.41) is 13.7. The third-order valence-electron chi connectivity index (χ3n) is 3.17. The first-order valence-electron chi connectivity index (χ1n) is 6.53. The first kappa shape index (κ1) is 16.7. The Morgan fingerprint density at radius 3 is 2.29 bits per heavy atom. The van der Waals surface area contributed by atoms with Crippen LogP contribution >= 0.6 is 0 Å². The zero-order chi connectivity index (χ0) is 16.2. The lowest BCUT2D eigenvalue weighted by Gasteiger charge is -2.21. The van der Waals surface area contributed by atoms with E-state index < -0.39 is 17.4 Å². The standard InChI is InChI=1S/C15H20N2O4/c1-9-5-6-11(7-10(9)2)13(19)16-8-12(18)17-15(3,4)14(20)21/h5-7H,8H2,1-4H3,(H,16,19)(H,17,18)(H,20,21). The number of hydrogen-bond acceptors (Lipinski definition) is 3. The average molecular weight is 292 g/mol. The highest BCUT2D eigenvalue weighted by Crippen LogP contribution is 2.09. The minimum Gasteiger partial charge on any atom is -0.480 e. The van der Waals surface area contributed by atoms with Crippen LogP contribution in [0.5, 0.6) is 0 Å². The molecule has 0 unspecified atom stereocenters. The van der Waals surface area contributed by atoms with E-state index in [4.69, 9.17) is 5.11 Å². The molecular formula is C15H20N2O4. The summed E-state index contributed by atoms with van der Waals surface area (Å²) in [4.78, 5) is 34.4. The highest BCUT2D eigenvalue weighted by atomic mass is 16.4. The third kappa shape index (κ3) is 4.59. The summed E-state index contributed by atoms with van der Waals surface area (Å²) >= 11 is 0. The van der Waals surface area contributed by atoms with E-state index in [1.165, 1.54) is 13.8 Å². The van der Waals surface area contributed by atoms with Crippen molar-refractivity contribution in [2.45, 2.75) is 33.2 Å². The van der Waals surface area contributed by atoms with E-state index in [2.05, 4.69) is 10.6 Å². The van der Waals surface area contributed by atoms with E-state index in [1.807, 2.05) is 19.9 Å². The molecule has 1 rings (SSSR count). The van der Waals surface area contributed by atoms with E-state index in [1.54, 1.807) is 12.1 Å². The zero-order valence-corrected chi connectivity index (χ0v) is 12.6. The molecule has 6 nitrogen and oxygen atoms in total. The molecule has 0 aliphatic heterocycles. The minimum absolute atomic E-state index is 0.275. The number of carbonyl (C=O) groups is 3. The van der Waals surface area contributed by atoms with E-state index in [0.717, 1.165) is 11.1 Å². The monoisotopic (exact) mass is 292 g/mol. The Hall–Kier alpha value is -2.37. The molecular weight excluding hydrogens is 272 g/mol. The molecule has 1 aromatic carbocycles. The Balaban J connectivity index is 2.59. The number of benzene rings is 1. The van der Waals surface area contributed by atoms with Gasteiger partial charge in [-0.25, -0.2) is 4.79 Å². The maximum Gasteiger partial charge on any atom is 0.328 e. The van der Waals surface area contributed by atoms with Gasteiger partial charge in [-0.1, -0.05) is 6.07 Å². The number of aryl methyl sites for hydroxylation is 2. The number of nitrogens with one attached hydrogen (secondary N) is 2. The maximum atomic E-state index is 11.9. The van der Waals surface area contributed by atoms with Crippen molar-refractivity contribution in [3.63, 3.8) is 0 Å². The van der Waals surface area contributed by atoms with Crippen LogP contribution in [-0.2, 0) is 9.59 Å². The number of carbonyl (C=O) groups excluding carboxylic acids is 2. The Morgan fingerprint density at radius 1 is 1.14 bits per heavy atom.